The number of hydrogen-bond donors (Lipinski definition) is 2. The highest BCUT2D eigenvalue weighted by Crippen LogP contribution is 2.48. The van der Waals surface area contributed by atoms with Crippen LogP contribution in [0.25, 0.3) is 32.9 Å². The van der Waals surface area contributed by atoms with Crippen molar-refractivity contribution in [3.63, 3.8) is 0 Å². The van der Waals surface area contributed by atoms with Crippen molar-refractivity contribution in [3.05, 3.63) is 95.0 Å². The first kappa shape index (κ1) is 45.2. The molecule has 12 rings (SSSR count). The smallest absolute Gasteiger partial charge is 0.319 e. The molecule has 12 nitrogen and oxygen atoms in total. The van der Waals surface area contributed by atoms with Crippen molar-refractivity contribution in [3.8, 4) is 17.3 Å². The molecule has 6 fully saturated rings. The lowest BCUT2D eigenvalue weighted by molar-refractivity contribution is 0.0313. The Hall–Kier alpha value is -4.92. The second-order valence-electron chi connectivity index (χ2n) is 21.8. The number of benzene rings is 3. The topological polar surface area (TPSA) is 105 Å². The molecule has 4 saturated heterocycles. The number of likely N-dealkylation sites (tertiary alicyclic amines) is 1. The fourth-order valence-corrected chi connectivity index (χ4v) is 13.0. The van der Waals surface area contributed by atoms with Crippen molar-refractivity contribution in [2.24, 2.45) is 16.7 Å². The molecule has 362 valence electrons. The second-order valence-corrected chi connectivity index (χ2v) is 22.2. The molecule has 7 aliphatic rings. The Bertz CT molecular complexity index is 2740. The standard InChI is InChI=1S/C55H66ClFN10O2/c1-37-9-10-40(29-46(37)66-22-4-21-58-36-66)52(68)65-23-19-54(20-24-65)15-13-38(14-16-54)31-63-25-27-64(28-26-63)34-55(17-18-55)35-69-53-61-50-44(51(62-53)67-32-41-11-12-42(33-67)60-41)30-59-49(48(50)57)43-7-2-5-39-6-3-8-45(56)47(39)43/h2-10,22,29-30,38,41-42,58,60H,11-21,23-28,31-36H2,1H3. The number of pyridine rings is 1. The predicted octanol–water partition coefficient (Wildman–Crippen LogP) is 8.66. The van der Waals surface area contributed by atoms with Gasteiger partial charge in [0, 0.05) is 129 Å². The van der Waals surface area contributed by atoms with E-state index < -0.39 is 5.82 Å². The molecule has 2 bridgehead atoms. The molecular weight excluding hydrogens is 887 g/mol. The third-order valence-electron chi connectivity index (χ3n) is 17.1. The van der Waals surface area contributed by atoms with Crippen molar-refractivity contribution in [2.75, 3.05) is 95.1 Å². The van der Waals surface area contributed by atoms with Gasteiger partial charge in [0.25, 0.3) is 5.91 Å². The van der Waals surface area contributed by atoms with Crippen LogP contribution in [0.4, 0.5) is 15.9 Å². The number of nitrogens with zero attached hydrogens (tertiary/aromatic N) is 8. The normalized spacial score (nSPS) is 23.9. The molecule has 2 saturated carbocycles. The Balaban J connectivity index is 0.648. The van der Waals surface area contributed by atoms with Crippen LogP contribution in [0.3, 0.4) is 0 Å². The van der Waals surface area contributed by atoms with E-state index in [1.807, 2.05) is 42.5 Å². The summed E-state index contributed by atoms with van der Waals surface area (Å²) in [4.78, 5) is 40.2. The quantitative estimate of drug-likeness (QED) is 0.133. The van der Waals surface area contributed by atoms with Gasteiger partial charge in [0.2, 0.25) is 0 Å². The van der Waals surface area contributed by atoms with Crippen LogP contribution in [0, 0.1) is 29.5 Å². The van der Waals surface area contributed by atoms with Crippen molar-refractivity contribution in [1.29, 1.82) is 0 Å². The van der Waals surface area contributed by atoms with Gasteiger partial charge in [-0.3, -0.25) is 15.1 Å². The molecule has 2 aliphatic carbocycles. The minimum Gasteiger partial charge on any atom is -0.463 e. The number of halogens is 2. The number of rotatable bonds is 11. The lowest BCUT2D eigenvalue weighted by Gasteiger charge is -2.47. The summed E-state index contributed by atoms with van der Waals surface area (Å²) in [5.41, 5.74) is 4.63. The first-order valence-corrected chi connectivity index (χ1v) is 26.2. The average Bonchev–Trinajstić information content (AvgIpc) is 4.07. The van der Waals surface area contributed by atoms with Crippen LogP contribution in [-0.4, -0.2) is 133 Å². The van der Waals surface area contributed by atoms with E-state index in [0.29, 0.717) is 45.9 Å². The number of hydrogen-bond acceptors (Lipinski definition) is 11. The van der Waals surface area contributed by atoms with Gasteiger partial charge in [0.1, 0.15) is 17.0 Å². The molecule has 1 amide bonds. The first-order valence-electron chi connectivity index (χ1n) is 25.8. The number of carbonyl (C=O) groups excluding carboxylic acids is 1. The molecule has 0 radical (unpaired) electrons. The molecule has 2 N–H and O–H groups in total. The molecular formula is C55H66ClFN10O2. The summed E-state index contributed by atoms with van der Waals surface area (Å²) in [6.07, 6.45) is 17.8. The lowest BCUT2D eigenvalue weighted by atomic mass is 9.65. The fraction of sp³-hybridized carbons (Fsp3) is 0.527. The maximum atomic E-state index is 17.0. The zero-order valence-electron chi connectivity index (χ0n) is 40.1. The van der Waals surface area contributed by atoms with E-state index in [2.05, 4.69) is 66.5 Å². The third-order valence-corrected chi connectivity index (χ3v) is 17.5. The number of piperidine rings is 1. The van der Waals surface area contributed by atoms with Gasteiger partial charge in [0.05, 0.1) is 18.7 Å². The van der Waals surface area contributed by atoms with Gasteiger partial charge in [-0.1, -0.05) is 54.1 Å². The van der Waals surface area contributed by atoms with Gasteiger partial charge in [-0.15, -0.1) is 0 Å². The van der Waals surface area contributed by atoms with Crippen LogP contribution in [0.2, 0.25) is 5.02 Å². The second kappa shape index (κ2) is 18.7. The number of aromatic nitrogens is 3. The Morgan fingerprint density at radius 2 is 1.64 bits per heavy atom. The van der Waals surface area contributed by atoms with Crippen LogP contribution in [0.5, 0.6) is 6.01 Å². The summed E-state index contributed by atoms with van der Waals surface area (Å²) < 4.78 is 23.6. The summed E-state index contributed by atoms with van der Waals surface area (Å²) in [5, 5.41) is 9.98. The molecule has 2 atom stereocenters. The highest BCUT2D eigenvalue weighted by Gasteiger charge is 2.46. The summed E-state index contributed by atoms with van der Waals surface area (Å²) in [5.74, 6) is 1.14. The number of aryl methyl sites for hydroxylation is 1. The summed E-state index contributed by atoms with van der Waals surface area (Å²) in [7, 11) is 0. The Morgan fingerprint density at radius 1 is 0.884 bits per heavy atom. The van der Waals surface area contributed by atoms with Gasteiger partial charge in [-0.25, -0.2) is 4.39 Å². The molecule has 5 aliphatic heterocycles. The van der Waals surface area contributed by atoms with Gasteiger partial charge in [-0.2, -0.15) is 9.97 Å². The van der Waals surface area contributed by atoms with Crippen molar-refractivity contribution in [2.45, 2.75) is 83.2 Å². The van der Waals surface area contributed by atoms with Crippen LogP contribution >= 0.6 is 11.6 Å². The lowest BCUT2D eigenvalue weighted by Crippen LogP contribution is -2.51. The van der Waals surface area contributed by atoms with Crippen LogP contribution in [0.15, 0.2) is 73.1 Å². The monoisotopic (exact) mass is 953 g/mol. The Morgan fingerprint density at radius 3 is 2.38 bits per heavy atom. The summed E-state index contributed by atoms with van der Waals surface area (Å²) in [6, 6.07) is 18.7. The number of anilines is 2. The number of ether oxygens (including phenoxy) is 1. The number of amides is 1. The van der Waals surface area contributed by atoms with E-state index in [1.165, 1.54) is 37.8 Å². The van der Waals surface area contributed by atoms with Crippen molar-refractivity contribution < 1.29 is 13.9 Å². The maximum absolute atomic E-state index is 17.0. The number of carbonyl (C=O) groups is 1. The van der Waals surface area contributed by atoms with Gasteiger partial charge in [0.15, 0.2) is 5.82 Å². The SMILES string of the molecule is Cc1ccc(C(=O)N2CCC3(CCC(CN4CCN(CC5(COc6nc(N7CC8CCC(C7)N8)c7cnc(-c8cccc9cccc(Cl)c89)c(F)c7n6)CC5)CC4)CC3)CC2)cc1N1C=CCNC1. The molecule has 69 heavy (non-hydrogen) atoms. The van der Waals surface area contributed by atoms with Crippen LogP contribution < -0.4 is 25.2 Å². The molecule has 14 heteroatoms. The van der Waals surface area contributed by atoms with Crippen molar-refractivity contribution >= 4 is 50.7 Å². The van der Waals surface area contributed by atoms with Gasteiger partial charge < -0.3 is 34.6 Å². The van der Waals surface area contributed by atoms with E-state index in [9.17, 15) is 4.79 Å². The number of piperazine rings is 2. The fourth-order valence-electron chi connectivity index (χ4n) is 12.7. The van der Waals surface area contributed by atoms with Crippen LogP contribution in [-0.2, 0) is 0 Å². The first-order chi connectivity index (χ1) is 33.7. The molecule has 2 unspecified atom stereocenters. The maximum Gasteiger partial charge on any atom is 0.319 e. The average molecular weight is 954 g/mol. The molecule has 5 aromatic rings. The minimum absolute atomic E-state index is 0.0554. The van der Waals surface area contributed by atoms with E-state index in [1.54, 1.807) is 6.20 Å². The summed E-state index contributed by atoms with van der Waals surface area (Å²) in [6.45, 7) is 14.1. The third kappa shape index (κ3) is 9.18. The molecule has 1 spiro atoms. The zero-order valence-corrected chi connectivity index (χ0v) is 40.8. The number of nitrogens with one attached hydrogen (secondary N) is 2. The Kier molecular flexibility index (Phi) is 12.2. The number of fused-ring (bicyclic) bond motifs is 4. The highest BCUT2D eigenvalue weighted by atomic mass is 35.5. The largest absolute Gasteiger partial charge is 0.463 e. The van der Waals surface area contributed by atoms with Crippen molar-refractivity contribution in [1.82, 2.24) is 40.3 Å². The zero-order chi connectivity index (χ0) is 46.7. The van der Waals surface area contributed by atoms with Gasteiger partial charge in [-0.05, 0) is 112 Å². The van der Waals surface area contributed by atoms with E-state index >= 15 is 4.39 Å². The predicted molar refractivity (Wildman–Crippen MR) is 273 cm³/mol. The van der Waals surface area contributed by atoms with E-state index in [4.69, 9.17) is 31.3 Å². The van der Waals surface area contributed by atoms with E-state index in [0.717, 1.165) is 139 Å². The van der Waals surface area contributed by atoms with Gasteiger partial charge >= 0.3 is 6.01 Å². The Labute approximate surface area is 410 Å². The van der Waals surface area contributed by atoms with E-state index in [-0.39, 0.29) is 28.5 Å². The highest BCUT2D eigenvalue weighted by molar-refractivity contribution is 6.36. The van der Waals surface area contributed by atoms with Crippen LogP contribution in [0.1, 0.15) is 80.1 Å². The summed E-state index contributed by atoms with van der Waals surface area (Å²) >= 11 is 6.71. The molecule has 2 aromatic heterocycles. The molecule has 3 aromatic carbocycles. The molecule has 7 heterocycles. The minimum atomic E-state index is -0.482.